The maximum Gasteiger partial charge on any atom is 0.00335 e. The topological polar surface area (TPSA) is 26.0 Å². The van der Waals surface area contributed by atoms with E-state index in [2.05, 4.69) is 5.92 Å². The Morgan fingerprint density at radius 3 is 2.40 bits per heavy atom. The zero-order valence-electron chi connectivity index (χ0n) is 2.81. The van der Waals surface area contributed by atoms with Gasteiger partial charge >= 0.3 is 0 Å². The fourth-order valence-electron chi connectivity index (χ4n) is 0.0556. The van der Waals surface area contributed by atoms with Gasteiger partial charge in [-0.25, -0.2) is 0 Å². The molecular formula is C4H5N. The van der Waals surface area contributed by atoms with Gasteiger partial charge in [-0.2, -0.15) is 0 Å². The summed E-state index contributed by atoms with van der Waals surface area (Å²) in [4.78, 5) is 0. The summed E-state index contributed by atoms with van der Waals surface area (Å²) < 4.78 is 0. The Kier molecular flexibility index (Phi) is 2.54. The van der Waals surface area contributed by atoms with Crippen molar-refractivity contribution in [3.8, 4) is 12.3 Å². The molecule has 0 saturated heterocycles. The van der Waals surface area contributed by atoms with Gasteiger partial charge in [-0.05, 0) is 0 Å². The van der Waals surface area contributed by atoms with Crippen LogP contribution in [0.25, 0.3) is 0 Å². The lowest BCUT2D eigenvalue weighted by Gasteiger charge is -1.55. The van der Waals surface area contributed by atoms with Gasteiger partial charge in [0.05, 0.1) is 0 Å². The van der Waals surface area contributed by atoms with Crippen LogP contribution in [0.5, 0.6) is 0 Å². The Hall–Kier alpha value is -0.900. The van der Waals surface area contributed by atoms with Gasteiger partial charge in [0.1, 0.15) is 0 Å². The van der Waals surface area contributed by atoms with Crippen LogP contribution in [0.15, 0.2) is 12.3 Å². The van der Waals surface area contributed by atoms with E-state index in [-0.39, 0.29) is 0 Å². The van der Waals surface area contributed by atoms with Gasteiger partial charge in [-0.15, -0.1) is 6.42 Å². The number of hydrogen-bond donors (Lipinski definition) is 1. The molecule has 0 amide bonds. The van der Waals surface area contributed by atoms with Crippen molar-refractivity contribution >= 4 is 0 Å². The summed E-state index contributed by atoms with van der Waals surface area (Å²) in [6.45, 7) is 0. The molecule has 5 heavy (non-hydrogen) atoms. The first-order valence-corrected chi connectivity index (χ1v) is 1.24. The molecule has 0 rings (SSSR count). The van der Waals surface area contributed by atoms with Crippen molar-refractivity contribution in [2.24, 2.45) is 5.73 Å². The maximum absolute atomic E-state index is 4.82. The molecule has 26 valence electrons. The predicted octanol–water partition coefficient (Wildman–Crippen LogP) is 0.0920. The molecule has 0 saturated carbocycles. The highest BCUT2D eigenvalue weighted by atomic mass is 14.5. The van der Waals surface area contributed by atoms with Crippen LogP contribution >= 0.6 is 0 Å². The normalized spacial score (nSPS) is 7.80. The van der Waals surface area contributed by atoms with Crippen molar-refractivity contribution in [3.63, 3.8) is 0 Å². The third-order valence-electron chi connectivity index (χ3n) is 0.192. The summed E-state index contributed by atoms with van der Waals surface area (Å²) in [5.74, 6) is 2.21. The molecule has 1 nitrogen and oxygen atoms in total. The Morgan fingerprint density at radius 2 is 2.40 bits per heavy atom. The Balaban J connectivity index is 3.04. The average molecular weight is 67.1 g/mol. The third-order valence-corrected chi connectivity index (χ3v) is 0.192. The zero-order valence-corrected chi connectivity index (χ0v) is 2.81. The summed E-state index contributed by atoms with van der Waals surface area (Å²) in [7, 11) is 0. The van der Waals surface area contributed by atoms with E-state index in [9.17, 15) is 0 Å². The number of rotatable bonds is 0. The van der Waals surface area contributed by atoms with Crippen LogP contribution in [-0.2, 0) is 0 Å². The largest absolute Gasteiger partial charge is 0.404 e. The summed E-state index contributed by atoms with van der Waals surface area (Å²) in [5, 5.41) is 0. The van der Waals surface area contributed by atoms with Crippen LogP contribution < -0.4 is 5.73 Å². The fourth-order valence-corrected chi connectivity index (χ4v) is 0.0556. The zero-order chi connectivity index (χ0) is 4.12. The molecule has 1 heteroatoms. The van der Waals surface area contributed by atoms with Crippen LogP contribution in [0.1, 0.15) is 0 Å². The number of nitrogens with two attached hydrogens (primary N) is 1. The van der Waals surface area contributed by atoms with Crippen molar-refractivity contribution in [1.29, 1.82) is 0 Å². The molecule has 0 atom stereocenters. The van der Waals surface area contributed by atoms with Gasteiger partial charge in [-0.1, -0.05) is 5.92 Å². The van der Waals surface area contributed by atoms with E-state index in [1.165, 1.54) is 12.3 Å². The van der Waals surface area contributed by atoms with E-state index >= 15 is 0 Å². The second-order valence-corrected chi connectivity index (χ2v) is 0.526. The van der Waals surface area contributed by atoms with E-state index in [1.54, 1.807) is 0 Å². The summed E-state index contributed by atoms with van der Waals surface area (Å²) in [6, 6.07) is 0. The van der Waals surface area contributed by atoms with E-state index in [0.29, 0.717) is 0 Å². The van der Waals surface area contributed by atoms with Crippen LogP contribution in [0.2, 0.25) is 0 Å². The van der Waals surface area contributed by atoms with Crippen molar-refractivity contribution in [2.45, 2.75) is 0 Å². The average Bonchev–Trinajstić information content (AvgIpc) is 1.41. The second kappa shape index (κ2) is 3.10. The van der Waals surface area contributed by atoms with Gasteiger partial charge in [-0.3, -0.25) is 0 Å². The summed E-state index contributed by atoms with van der Waals surface area (Å²) >= 11 is 0. The van der Waals surface area contributed by atoms with E-state index in [0.717, 1.165) is 0 Å². The first-order chi connectivity index (χ1) is 2.41. The quantitative estimate of drug-likeness (QED) is 0.399. The molecule has 0 aliphatic rings. The van der Waals surface area contributed by atoms with Crippen LogP contribution in [-0.4, -0.2) is 0 Å². The minimum Gasteiger partial charge on any atom is -0.404 e. The molecule has 0 unspecified atom stereocenters. The van der Waals surface area contributed by atoms with Crippen LogP contribution in [0.3, 0.4) is 0 Å². The standard InChI is InChI=1S/C4H5N/c1-2-3-4-5/h1,3-4H,5H2/b4-3-. The minimum absolute atomic E-state index is 1.32. The number of hydrogen-bond acceptors (Lipinski definition) is 1. The molecule has 0 fully saturated rings. The Labute approximate surface area is 31.5 Å². The lowest BCUT2D eigenvalue weighted by atomic mass is 10.6. The molecule has 0 spiro atoms. The first-order valence-electron chi connectivity index (χ1n) is 1.24. The van der Waals surface area contributed by atoms with E-state index in [1.807, 2.05) is 0 Å². The van der Waals surface area contributed by atoms with E-state index in [4.69, 9.17) is 12.2 Å². The van der Waals surface area contributed by atoms with Gasteiger partial charge in [0.2, 0.25) is 0 Å². The van der Waals surface area contributed by atoms with Gasteiger partial charge in [0.15, 0.2) is 0 Å². The summed E-state index contributed by atoms with van der Waals surface area (Å²) in [6.07, 6.45) is 7.47. The second-order valence-electron chi connectivity index (χ2n) is 0.526. The van der Waals surface area contributed by atoms with Crippen LogP contribution in [0, 0.1) is 12.3 Å². The molecule has 0 aromatic carbocycles. The number of allylic oxidation sites excluding steroid dienone is 1. The molecule has 0 aromatic rings. The third kappa shape index (κ3) is 3.10. The molecule has 2 N–H and O–H groups in total. The Morgan fingerprint density at radius 1 is 1.80 bits per heavy atom. The smallest absolute Gasteiger partial charge is 0.00335 e. The van der Waals surface area contributed by atoms with Crippen molar-refractivity contribution < 1.29 is 0 Å². The highest BCUT2D eigenvalue weighted by Crippen LogP contribution is 1.49. The maximum atomic E-state index is 4.82. The van der Waals surface area contributed by atoms with Gasteiger partial charge < -0.3 is 5.73 Å². The first kappa shape index (κ1) is 4.10. The summed E-state index contributed by atoms with van der Waals surface area (Å²) in [5.41, 5.74) is 4.82. The van der Waals surface area contributed by atoms with E-state index < -0.39 is 0 Å². The molecule has 0 aliphatic carbocycles. The molecule has 0 radical (unpaired) electrons. The van der Waals surface area contributed by atoms with Crippen molar-refractivity contribution in [3.05, 3.63) is 12.3 Å². The lowest BCUT2D eigenvalue weighted by Crippen LogP contribution is -1.71. The SMILES string of the molecule is C#C/C=C\N. The minimum atomic E-state index is 1.32. The monoisotopic (exact) mass is 67.0 g/mol. The van der Waals surface area contributed by atoms with Crippen molar-refractivity contribution in [2.75, 3.05) is 0 Å². The van der Waals surface area contributed by atoms with Gasteiger partial charge in [0.25, 0.3) is 0 Å². The lowest BCUT2D eigenvalue weighted by molar-refractivity contribution is 1.62. The molecular weight excluding hydrogens is 62.1 g/mol. The highest BCUT2D eigenvalue weighted by molar-refractivity contribution is 5.06. The fraction of sp³-hybridized carbons (Fsp3) is 0. The molecule has 0 bridgehead atoms. The van der Waals surface area contributed by atoms with Crippen molar-refractivity contribution in [1.82, 2.24) is 0 Å². The molecule has 0 aromatic heterocycles. The highest BCUT2D eigenvalue weighted by Gasteiger charge is 1.40. The number of terminal acetylenes is 1. The van der Waals surface area contributed by atoms with Gasteiger partial charge in [0, 0.05) is 12.3 Å². The molecule has 0 heterocycles. The molecule has 0 aliphatic heterocycles. The Bertz CT molecular complexity index is 66.2. The predicted molar refractivity (Wildman–Crippen MR) is 22.2 cm³/mol. The van der Waals surface area contributed by atoms with Crippen LogP contribution in [0.4, 0.5) is 0 Å².